The molecule has 12 nitrogen and oxygen atoms in total. The van der Waals surface area contributed by atoms with Crippen LogP contribution < -0.4 is 19.9 Å². The maximum absolute atomic E-state index is 13.2. The minimum atomic E-state index is -4.65. The van der Waals surface area contributed by atoms with Crippen molar-refractivity contribution in [3.63, 3.8) is 0 Å². The summed E-state index contributed by atoms with van der Waals surface area (Å²) in [6, 6.07) is 6.85. The predicted octanol–water partition coefficient (Wildman–Crippen LogP) is 5.52. The Hall–Kier alpha value is -4.27. The summed E-state index contributed by atoms with van der Waals surface area (Å²) in [5, 5.41) is 14.9. The van der Waals surface area contributed by atoms with Crippen molar-refractivity contribution >= 4 is 34.6 Å². The minimum Gasteiger partial charge on any atom is -0.466 e. The van der Waals surface area contributed by atoms with Crippen molar-refractivity contribution in [2.75, 3.05) is 62.5 Å². The number of fused-ring (bicyclic) bond motifs is 2. The van der Waals surface area contributed by atoms with E-state index in [1.54, 1.807) is 13.1 Å². The Bertz CT molecular complexity index is 1510. The fraction of sp³-hybridized carbons (Fsp3) is 0.517. The third kappa shape index (κ3) is 6.77. The normalized spacial score (nSPS) is 15.9. The van der Waals surface area contributed by atoms with Crippen LogP contribution in [0.2, 0.25) is 0 Å². The van der Waals surface area contributed by atoms with Crippen LogP contribution >= 0.6 is 0 Å². The Morgan fingerprint density at radius 3 is 2.52 bits per heavy atom. The van der Waals surface area contributed by atoms with Gasteiger partial charge >= 0.3 is 11.9 Å². The lowest BCUT2D eigenvalue weighted by atomic mass is 9.73. The molecule has 15 heteroatoms. The Morgan fingerprint density at radius 2 is 1.84 bits per heavy atom. The number of rotatable bonds is 10. The molecule has 1 N–H and O–H groups in total. The first kappa shape index (κ1) is 31.2. The lowest BCUT2D eigenvalue weighted by Gasteiger charge is -2.33. The number of halogens is 3. The van der Waals surface area contributed by atoms with E-state index < -0.39 is 29.3 Å². The molecule has 0 atom stereocenters. The van der Waals surface area contributed by atoms with Gasteiger partial charge in [0.25, 0.3) is 0 Å². The standard InChI is InChI=1S/C29H36F3N9O3/c1-19-8-9-21-24(34-19)28(11-6-5-7-12-28)17-40(21)23-10-13-33-27(36-23)35-20-16-22(41(42)43)25(39(4)15-14-38(2)3)37-26(20)44-18-29(30,31)32/h8-10,13,16H,5-7,11-12,14-15,17-18H2,1-4H3,(H,33,35,36). The van der Waals surface area contributed by atoms with Crippen LogP contribution in [0.15, 0.2) is 30.5 Å². The molecule has 5 rings (SSSR count). The zero-order chi connectivity index (χ0) is 31.6. The maximum atomic E-state index is 13.2. The van der Waals surface area contributed by atoms with Gasteiger partial charge in [0.2, 0.25) is 17.6 Å². The number of hydrogen-bond acceptors (Lipinski definition) is 11. The summed E-state index contributed by atoms with van der Waals surface area (Å²) in [6.07, 6.45) is 2.34. The SMILES string of the molecule is Cc1ccc2c(n1)C1(CCCCC1)CN2c1ccnc(Nc2cc([N+](=O)[O-])c(N(C)CCN(C)C)nc2OCC(F)(F)F)n1. The molecule has 3 aromatic heterocycles. The highest BCUT2D eigenvalue weighted by atomic mass is 19.4. The monoisotopic (exact) mass is 615 g/mol. The number of aryl methyl sites for hydroxylation is 1. The van der Waals surface area contributed by atoms with Crippen LogP contribution in [0.5, 0.6) is 5.88 Å². The molecule has 0 unspecified atom stereocenters. The van der Waals surface area contributed by atoms with Gasteiger partial charge in [-0.3, -0.25) is 15.1 Å². The van der Waals surface area contributed by atoms with Crippen molar-refractivity contribution in [3.05, 3.63) is 52.0 Å². The Kier molecular flexibility index (Phi) is 8.77. The molecule has 3 aromatic rings. The largest absolute Gasteiger partial charge is 0.466 e. The summed E-state index contributed by atoms with van der Waals surface area (Å²) in [5.74, 6) is 0.0111. The minimum absolute atomic E-state index is 0.0235. The van der Waals surface area contributed by atoms with Gasteiger partial charge in [-0.25, -0.2) is 4.98 Å². The molecule has 4 heterocycles. The van der Waals surface area contributed by atoms with E-state index in [0.29, 0.717) is 25.5 Å². The molecule has 1 fully saturated rings. The fourth-order valence-corrected chi connectivity index (χ4v) is 5.83. The van der Waals surface area contributed by atoms with Crippen molar-refractivity contribution in [3.8, 4) is 5.88 Å². The highest BCUT2D eigenvalue weighted by Crippen LogP contribution is 2.50. The first-order valence-electron chi connectivity index (χ1n) is 14.5. The van der Waals surface area contributed by atoms with Crippen molar-refractivity contribution in [2.24, 2.45) is 0 Å². The van der Waals surface area contributed by atoms with E-state index in [4.69, 9.17) is 9.72 Å². The van der Waals surface area contributed by atoms with Crippen LogP contribution in [0.4, 0.5) is 47.8 Å². The van der Waals surface area contributed by atoms with E-state index in [1.165, 1.54) is 17.5 Å². The van der Waals surface area contributed by atoms with E-state index in [2.05, 4.69) is 25.2 Å². The molecule has 0 radical (unpaired) electrons. The molecule has 0 aromatic carbocycles. The first-order valence-corrected chi connectivity index (χ1v) is 14.5. The number of hydrogen-bond donors (Lipinski definition) is 1. The highest BCUT2D eigenvalue weighted by Gasteiger charge is 2.45. The van der Waals surface area contributed by atoms with Crippen LogP contribution in [0.25, 0.3) is 0 Å². The summed E-state index contributed by atoms with van der Waals surface area (Å²) in [6.45, 7) is 1.90. The lowest BCUT2D eigenvalue weighted by molar-refractivity contribution is -0.384. The van der Waals surface area contributed by atoms with E-state index in [9.17, 15) is 23.3 Å². The number of likely N-dealkylation sites (N-methyl/N-ethyl adjacent to an activating group) is 2. The molecule has 1 saturated carbocycles. The predicted molar refractivity (Wildman–Crippen MR) is 160 cm³/mol. The molecule has 2 aliphatic rings. The number of aromatic nitrogens is 4. The van der Waals surface area contributed by atoms with Crippen LogP contribution in [0.1, 0.15) is 43.5 Å². The van der Waals surface area contributed by atoms with Gasteiger partial charge < -0.3 is 24.8 Å². The second kappa shape index (κ2) is 12.4. The summed E-state index contributed by atoms with van der Waals surface area (Å²) in [4.78, 5) is 34.9. The van der Waals surface area contributed by atoms with Gasteiger partial charge in [-0.15, -0.1) is 0 Å². The maximum Gasteiger partial charge on any atom is 0.422 e. The van der Waals surface area contributed by atoms with E-state index in [-0.39, 0.29) is 22.9 Å². The molecule has 0 amide bonds. The van der Waals surface area contributed by atoms with E-state index >= 15 is 0 Å². The Morgan fingerprint density at radius 1 is 1.09 bits per heavy atom. The summed E-state index contributed by atoms with van der Waals surface area (Å²) >= 11 is 0. The van der Waals surface area contributed by atoms with Crippen LogP contribution in [0.3, 0.4) is 0 Å². The molecule has 0 bridgehead atoms. The highest BCUT2D eigenvalue weighted by molar-refractivity contribution is 5.73. The molecule has 1 aliphatic heterocycles. The van der Waals surface area contributed by atoms with E-state index in [0.717, 1.165) is 48.8 Å². The van der Waals surface area contributed by atoms with Gasteiger partial charge in [-0.05, 0) is 52.1 Å². The first-order chi connectivity index (χ1) is 20.8. The third-order valence-corrected chi connectivity index (χ3v) is 8.00. The smallest absolute Gasteiger partial charge is 0.422 e. The van der Waals surface area contributed by atoms with Crippen molar-refractivity contribution in [1.29, 1.82) is 0 Å². The van der Waals surface area contributed by atoms with Gasteiger partial charge in [0.15, 0.2) is 6.61 Å². The summed E-state index contributed by atoms with van der Waals surface area (Å²) in [5.41, 5.74) is 2.30. The molecule has 1 spiro atoms. The van der Waals surface area contributed by atoms with Crippen LogP contribution in [-0.2, 0) is 5.41 Å². The molecule has 0 saturated heterocycles. The number of nitrogens with one attached hydrogen (secondary N) is 1. The number of pyridine rings is 2. The fourth-order valence-electron chi connectivity index (χ4n) is 5.83. The average molecular weight is 616 g/mol. The molecule has 44 heavy (non-hydrogen) atoms. The van der Waals surface area contributed by atoms with Gasteiger partial charge in [0, 0.05) is 50.1 Å². The molecular formula is C29H36F3N9O3. The number of ether oxygens (including phenoxy) is 1. The lowest BCUT2D eigenvalue weighted by Crippen LogP contribution is -2.34. The number of anilines is 5. The Labute approximate surface area is 253 Å². The molecule has 236 valence electrons. The number of nitrogens with zero attached hydrogens (tertiary/aromatic N) is 8. The van der Waals surface area contributed by atoms with Crippen molar-refractivity contribution < 1.29 is 22.8 Å². The summed E-state index contributed by atoms with van der Waals surface area (Å²) in [7, 11) is 5.25. The van der Waals surface area contributed by atoms with Crippen molar-refractivity contribution in [2.45, 2.75) is 50.6 Å². The Balaban J connectivity index is 1.50. The second-order valence-electron chi connectivity index (χ2n) is 11.7. The van der Waals surface area contributed by atoms with Gasteiger partial charge in [0.05, 0.1) is 16.3 Å². The second-order valence-corrected chi connectivity index (χ2v) is 11.7. The van der Waals surface area contributed by atoms with Gasteiger partial charge in [-0.1, -0.05) is 19.3 Å². The van der Waals surface area contributed by atoms with Crippen LogP contribution in [0, 0.1) is 17.0 Å². The number of nitro groups is 1. The quantitative estimate of drug-likeness (QED) is 0.229. The van der Waals surface area contributed by atoms with Crippen LogP contribution in [-0.4, -0.2) is 83.3 Å². The molecular weight excluding hydrogens is 579 g/mol. The molecule has 1 aliphatic carbocycles. The van der Waals surface area contributed by atoms with E-state index in [1.807, 2.05) is 38.1 Å². The zero-order valence-corrected chi connectivity index (χ0v) is 25.2. The topological polar surface area (TPSA) is 126 Å². The zero-order valence-electron chi connectivity index (χ0n) is 25.2. The third-order valence-electron chi connectivity index (χ3n) is 8.00. The summed E-state index contributed by atoms with van der Waals surface area (Å²) < 4.78 is 44.6. The number of alkyl halides is 3. The van der Waals surface area contributed by atoms with Crippen molar-refractivity contribution in [1.82, 2.24) is 24.8 Å². The average Bonchev–Trinajstić information content (AvgIpc) is 3.27. The van der Waals surface area contributed by atoms with Gasteiger partial charge in [-0.2, -0.15) is 23.1 Å². The van der Waals surface area contributed by atoms with Gasteiger partial charge in [0.1, 0.15) is 11.5 Å².